The number of esters is 1. The van der Waals surface area contributed by atoms with Crippen LogP contribution in [-0.2, 0) is 9.53 Å². The Morgan fingerprint density at radius 2 is 1.50 bits per heavy atom. The van der Waals surface area contributed by atoms with Crippen molar-refractivity contribution in [1.82, 2.24) is 0 Å². The van der Waals surface area contributed by atoms with E-state index in [2.05, 4.69) is 5.32 Å². The highest BCUT2D eigenvalue weighted by Gasteiger charge is 2.22. The lowest BCUT2D eigenvalue weighted by atomic mass is 9.96. The van der Waals surface area contributed by atoms with Crippen molar-refractivity contribution in [3.8, 4) is 0 Å². The SMILES string of the molecule is CC(=O)Nc1ccc(C(=O)OC(C)C(=O)c2cc(C)c(C)cc2C)cc1. The zero-order chi connectivity index (χ0) is 19.4. The summed E-state index contributed by atoms with van der Waals surface area (Å²) >= 11 is 0. The Morgan fingerprint density at radius 3 is 2.08 bits per heavy atom. The number of carbonyl (C=O) groups is 3. The van der Waals surface area contributed by atoms with E-state index in [-0.39, 0.29) is 11.7 Å². The second kappa shape index (κ2) is 7.95. The van der Waals surface area contributed by atoms with Crippen LogP contribution in [0.2, 0.25) is 0 Å². The molecule has 1 amide bonds. The van der Waals surface area contributed by atoms with E-state index in [4.69, 9.17) is 4.74 Å². The number of amides is 1. The van der Waals surface area contributed by atoms with Crippen molar-refractivity contribution in [1.29, 1.82) is 0 Å². The molecule has 5 heteroatoms. The van der Waals surface area contributed by atoms with Gasteiger partial charge in [0.15, 0.2) is 6.10 Å². The number of ether oxygens (including phenoxy) is 1. The molecule has 0 aromatic heterocycles. The summed E-state index contributed by atoms with van der Waals surface area (Å²) < 4.78 is 5.32. The first-order chi connectivity index (χ1) is 12.2. The fraction of sp³-hybridized carbons (Fsp3) is 0.286. The number of Topliss-reactive ketones (excluding diaryl/α,β-unsaturated/α-hetero) is 1. The highest BCUT2D eigenvalue weighted by atomic mass is 16.5. The highest BCUT2D eigenvalue weighted by Crippen LogP contribution is 2.19. The van der Waals surface area contributed by atoms with Gasteiger partial charge in [0.2, 0.25) is 11.7 Å². The average Bonchev–Trinajstić information content (AvgIpc) is 2.57. The fourth-order valence-corrected chi connectivity index (χ4v) is 2.62. The van der Waals surface area contributed by atoms with Gasteiger partial charge in [-0.3, -0.25) is 9.59 Å². The molecular formula is C21H23NO4. The number of carbonyl (C=O) groups excluding carboxylic acids is 3. The predicted octanol–water partition coefficient (Wildman–Crippen LogP) is 4.00. The predicted molar refractivity (Wildman–Crippen MR) is 101 cm³/mol. The molecule has 0 saturated carbocycles. The number of hydrogen-bond donors (Lipinski definition) is 1. The molecule has 1 atom stereocenters. The topological polar surface area (TPSA) is 72.5 Å². The zero-order valence-electron chi connectivity index (χ0n) is 15.7. The van der Waals surface area contributed by atoms with Crippen molar-refractivity contribution in [2.45, 2.75) is 40.7 Å². The fourth-order valence-electron chi connectivity index (χ4n) is 2.62. The third kappa shape index (κ3) is 4.57. The lowest BCUT2D eigenvalue weighted by Crippen LogP contribution is -2.25. The smallest absolute Gasteiger partial charge is 0.338 e. The van der Waals surface area contributed by atoms with Crippen LogP contribution in [0.5, 0.6) is 0 Å². The molecule has 1 unspecified atom stereocenters. The molecule has 0 aliphatic heterocycles. The van der Waals surface area contributed by atoms with Crippen molar-refractivity contribution in [3.05, 3.63) is 64.2 Å². The number of rotatable bonds is 5. The first kappa shape index (κ1) is 19.4. The van der Waals surface area contributed by atoms with E-state index in [0.29, 0.717) is 16.8 Å². The molecule has 0 heterocycles. The van der Waals surface area contributed by atoms with Gasteiger partial charge in [-0.05, 0) is 74.7 Å². The van der Waals surface area contributed by atoms with Crippen molar-refractivity contribution in [3.63, 3.8) is 0 Å². The minimum Gasteiger partial charge on any atom is -0.451 e. The van der Waals surface area contributed by atoms with E-state index in [0.717, 1.165) is 16.7 Å². The Bertz CT molecular complexity index is 853. The molecule has 26 heavy (non-hydrogen) atoms. The molecule has 1 N–H and O–H groups in total. The molecule has 2 aromatic carbocycles. The van der Waals surface area contributed by atoms with Crippen LogP contribution in [0.25, 0.3) is 0 Å². The maximum absolute atomic E-state index is 12.6. The summed E-state index contributed by atoms with van der Waals surface area (Å²) in [5.41, 5.74) is 4.46. The number of ketones is 1. The zero-order valence-corrected chi connectivity index (χ0v) is 15.7. The minimum absolute atomic E-state index is 0.191. The molecule has 2 rings (SSSR count). The Balaban J connectivity index is 2.10. The number of benzene rings is 2. The van der Waals surface area contributed by atoms with Gasteiger partial charge in [0.1, 0.15) is 0 Å². The molecule has 0 radical (unpaired) electrons. The lowest BCUT2D eigenvalue weighted by molar-refractivity contribution is -0.114. The molecular weight excluding hydrogens is 330 g/mol. The van der Waals surface area contributed by atoms with E-state index in [1.54, 1.807) is 31.2 Å². The highest BCUT2D eigenvalue weighted by molar-refractivity contribution is 6.02. The van der Waals surface area contributed by atoms with Crippen molar-refractivity contribution in [2.75, 3.05) is 5.32 Å². The van der Waals surface area contributed by atoms with Gasteiger partial charge in [0, 0.05) is 18.2 Å². The van der Waals surface area contributed by atoms with Gasteiger partial charge in [-0.1, -0.05) is 6.07 Å². The molecule has 136 valence electrons. The van der Waals surface area contributed by atoms with Crippen LogP contribution in [0.3, 0.4) is 0 Å². The van der Waals surface area contributed by atoms with E-state index >= 15 is 0 Å². The van der Waals surface area contributed by atoms with Crippen LogP contribution in [-0.4, -0.2) is 23.8 Å². The Labute approximate surface area is 153 Å². The second-order valence-electron chi connectivity index (χ2n) is 6.42. The van der Waals surface area contributed by atoms with E-state index in [1.807, 2.05) is 32.9 Å². The third-order valence-corrected chi connectivity index (χ3v) is 4.20. The van der Waals surface area contributed by atoms with Crippen LogP contribution in [0.4, 0.5) is 5.69 Å². The van der Waals surface area contributed by atoms with E-state index < -0.39 is 12.1 Å². The van der Waals surface area contributed by atoms with Crippen molar-refractivity contribution in [2.24, 2.45) is 0 Å². The minimum atomic E-state index is -0.890. The molecule has 0 aliphatic carbocycles. The normalized spacial score (nSPS) is 11.6. The summed E-state index contributed by atoms with van der Waals surface area (Å²) in [4.78, 5) is 35.9. The van der Waals surface area contributed by atoms with Gasteiger partial charge >= 0.3 is 5.97 Å². The van der Waals surface area contributed by atoms with Crippen LogP contribution < -0.4 is 5.32 Å². The van der Waals surface area contributed by atoms with Gasteiger partial charge in [-0.2, -0.15) is 0 Å². The number of aryl methyl sites for hydroxylation is 3. The Morgan fingerprint density at radius 1 is 0.923 bits per heavy atom. The van der Waals surface area contributed by atoms with Gasteiger partial charge in [-0.15, -0.1) is 0 Å². The summed E-state index contributed by atoms with van der Waals surface area (Å²) in [5.74, 6) is -1.00. The van der Waals surface area contributed by atoms with Crippen molar-refractivity contribution >= 4 is 23.3 Å². The quantitative estimate of drug-likeness (QED) is 0.651. The Kier molecular flexibility index (Phi) is 5.93. The summed E-state index contributed by atoms with van der Waals surface area (Å²) in [5, 5.41) is 2.62. The second-order valence-corrected chi connectivity index (χ2v) is 6.42. The van der Waals surface area contributed by atoms with E-state index in [9.17, 15) is 14.4 Å². The number of anilines is 1. The third-order valence-electron chi connectivity index (χ3n) is 4.20. The van der Waals surface area contributed by atoms with Crippen LogP contribution in [0.15, 0.2) is 36.4 Å². The Hall–Kier alpha value is -2.95. The van der Waals surface area contributed by atoms with Crippen LogP contribution >= 0.6 is 0 Å². The van der Waals surface area contributed by atoms with Gasteiger partial charge < -0.3 is 10.1 Å². The summed E-state index contributed by atoms with van der Waals surface area (Å²) in [6.45, 7) is 8.78. The summed E-state index contributed by atoms with van der Waals surface area (Å²) in [6.07, 6.45) is -0.890. The molecule has 5 nitrogen and oxygen atoms in total. The number of hydrogen-bond acceptors (Lipinski definition) is 4. The maximum atomic E-state index is 12.6. The first-order valence-corrected chi connectivity index (χ1v) is 8.39. The molecule has 0 aliphatic rings. The van der Waals surface area contributed by atoms with Crippen LogP contribution in [0.1, 0.15) is 51.3 Å². The van der Waals surface area contributed by atoms with E-state index in [1.165, 1.54) is 6.92 Å². The lowest BCUT2D eigenvalue weighted by Gasteiger charge is -2.15. The maximum Gasteiger partial charge on any atom is 0.338 e. The summed E-state index contributed by atoms with van der Waals surface area (Å²) in [7, 11) is 0. The monoisotopic (exact) mass is 353 g/mol. The first-order valence-electron chi connectivity index (χ1n) is 8.39. The largest absolute Gasteiger partial charge is 0.451 e. The van der Waals surface area contributed by atoms with Gasteiger partial charge in [0.05, 0.1) is 5.56 Å². The molecule has 0 fully saturated rings. The standard InChI is InChI=1S/C21H23NO4/c1-12-10-14(3)19(11-13(12)2)20(24)15(4)26-21(25)17-6-8-18(9-7-17)22-16(5)23/h6-11,15H,1-5H3,(H,22,23). The molecule has 2 aromatic rings. The molecule has 0 saturated heterocycles. The average molecular weight is 353 g/mol. The number of nitrogens with one attached hydrogen (secondary N) is 1. The summed E-state index contributed by atoms with van der Waals surface area (Å²) in [6, 6.07) is 10.1. The van der Waals surface area contributed by atoms with Crippen molar-refractivity contribution < 1.29 is 19.1 Å². The molecule has 0 spiro atoms. The van der Waals surface area contributed by atoms with Crippen LogP contribution in [0, 0.1) is 20.8 Å². The molecule has 0 bridgehead atoms. The van der Waals surface area contributed by atoms with Gasteiger partial charge in [0.25, 0.3) is 0 Å². The van der Waals surface area contributed by atoms with Gasteiger partial charge in [-0.25, -0.2) is 4.79 Å².